The molecule has 10 heteroatoms. The highest BCUT2D eigenvalue weighted by Crippen LogP contribution is 2.34. The minimum Gasteiger partial charge on any atom is -0.496 e. The van der Waals surface area contributed by atoms with E-state index in [1.807, 2.05) is 36.4 Å². The summed E-state index contributed by atoms with van der Waals surface area (Å²) in [5, 5.41) is 8.07. The largest absolute Gasteiger partial charge is 0.496 e. The molecule has 4 aromatic rings. The standard InChI is InChI=1S/C29H31N5O4S/c1-37-27-18-20(6-7-24(27)29(35)32-12-13-34-14-16-39(36)17-15-34)33-28-19-21(10-11-31-28)38-26-9-8-25(30)22-4-2-3-5-23(22)26/h2-11,18-19H,12-17,30H2,1H3,(H,31,33)(H,32,35). The van der Waals surface area contributed by atoms with Crippen molar-refractivity contribution in [3.05, 3.63) is 78.5 Å². The third kappa shape index (κ3) is 6.47. The van der Waals surface area contributed by atoms with E-state index in [9.17, 15) is 9.00 Å². The Morgan fingerprint density at radius 3 is 2.62 bits per heavy atom. The van der Waals surface area contributed by atoms with E-state index < -0.39 is 10.8 Å². The van der Waals surface area contributed by atoms with Crippen LogP contribution >= 0.6 is 0 Å². The van der Waals surface area contributed by atoms with E-state index in [0.29, 0.717) is 58.1 Å². The van der Waals surface area contributed by atoms with Crippen molar-refractivity contribution in [2.75, 3.05) is 55.8 Å². The maximum atomic E-state index is 12.8. The van der Waals surface area contributed by atoms with Crippen LogP contribution in [0.25, 0.3) is 10.8 Å². The Hall–Kier alpha value is -4.15. The zero-order chi connectivity index (χ0) is 27.2. The van der Waals surface area contributed by atoms with Crippen molar-refractivity contribution < 1.29 is 18.5 Å². The fraction of sp³-hybridized carbons (Fsp3) is 0.241. The minimum absolute atomic E-state index is 0.205. The average Bonchev–Trinajstić information content (AvgIpc) is 2.96. The SMILES string of the molecule is COc1cc(Nc2cc(Oc3ccc(N)c4ccccc34)ccn2)ccc1C(=O)NCCN1CCS(=O)CC1. The van der Waals surface area contributed by atoms with Crippen LogP contribution < -0.4 is 25.8 Å². The molecule has 1 aliphatic rings. The molecule has 0 unspecified atom stereocenters. The van der Waals surface area contributed by atoms with Crippen LogP contribution in [0.3, 0.4) is 0 Å². The molecule has 0 bridgehead atoms. The number of nitrogens with zero attached hydrogens (tertiary/aromatic N) is 2. The summed E-state index contributed by atoms with van der Waals surface area (Å²) in [7, 11) is 0.824. The van der Waals surface area contributed by atoms with Crippen molar-refractivity contribution in [3.8, 4) is 17.2 Å². The van der Waals surface area contributed by atoms with E-state index in [1.54, 1.807) is 36.5 Å². The fourth-order valence-electron chi connectivity index (χ4n) is 4.48. The lowest BCUT2D eigenvalue weighted by Gasteiger charge is -2.26. The average molecular weight is 546 g/mol. The summed E-state index contributed by atoms with van der Waals surface area (Å²) < 4.78 is 23.2. The molecule has 202 valence electrons. The van der Waals surface area contributed by atoms with Crippen molar-refractivity contribution in [2.45, 2.75) is 0 Å². The van der Waals surface area contributed by atoms with Gasteiger partial charge in [0, 0.05) is 89.0 Å². The van der Waals surface area contributed by atoms with Gasteiger partial charge in [0.15, 0.2) is 0 Å². The highest BCUT2D eigenvalue weighted by atomic mass is 32.2. The molecular weight excluding hydrogens is 514 g/mol. The molecule has 1 fully saturated rings. The normalized spacial score (nSPS) is 14.2. The van der Waals surface area contributed by atoms with E-state index in [-0.39, 0.29) is 5.91 Å². The molecule has 9 nitrogen and oxygen atoms in total. The summed E-state index contributed by atoms with van der Waals surface area (Å²) in [6.07, 6.45) is 1.66. The molecule has 0 radical (unpaired) electrons. The number of fused-ring (bicyclic) bond motifs is 1. The number of ether oxygens (including phenoxy) is 2. The molecule has 39 heavy (non-hydrogen) atoms. The second-order valence-corrected chi connectivity index (χ2v) is 10.9. The summed E-state index contributed by atoms with van der Waals surface area (Å²) >= 11 is 0. The van der Waals surface area contributed by atoms with Crippen LogP contribution in [0.4, 0.5) is 17.2 Å². The number of rotatable bonds is 9. The molecule has 5 rings (SSSR count). The van der Waals surface area contributed by atoms with Gasteiger partial charge in [-0.1, -0.05) is 24.3 Å². The summed E-state index contributed by atoms with van der Waals surface area (Å²) in [5.41, 5.74) is 7.98. The van der Waals surface area contributed by atoms with Gasteiger partial charge in [0.2, 0.25) is 0 Å². The van der Waals surface area contributed by atoms with E-state index in [4.69, 9.17) is 15.2 Å². The number of amides is 1. The van der Waals surface area contributed by atoms with Crippen LogP contribution in [0.1, 0.15) is 10.4 Å². The second kappa shape index (κ2) is 12.1. The number of carbonyl (C=O) groups excluding carboxylic acids is 1. The minimum atomic E-state index is -0.711. The number of anilines is 3. The Bertz CT molecular complexity index is 1500. The van der Waals surface area contributed by atoms with Gasteiger partial charge < -0.3 is 25.8 Å². The van der Waals surface area contributed by atoms with Crippen LogP contribution in [-0.2, 0) is 10.8 Å². The fourth-order valence-corrected chi connectivity index (χ4v) is 5.61. The molecule has 1 saturated heterocycles. The summed E-state index contributed by atoms with van der Waals surface area (Å²) in [6.45, 7) is 2.82. The number of carbonyl (C=O) groups is 1. The monoisotopic (exact) mass is 545 g/mol. The van der Waals surface area contributed by atoms with Crippen molar-refractivity contribution in [2.24, 2.45) is 0 Å². The van der Waals surface area contributed by atoms with Crippen LogP contribution in [0.5, 0.6) is 17.2 Å². The lowest BCUT2D eigenvalue weighted by molar-refractivity contribution is 0.0946. The zero-order valence-corrected chi connectivity index (χ0v) is 22.5. The van der Waals surface area contributed by atoms with Gasteiger partial charge in [-0.3, -0.25) is 13.9 Å². The number of benzene rings is 3. The van der Waals surface area contributed by atoms with Gasteiger partial charge in [0.25, 0.3) is 5.91 Å². The molecule has 1 aliphatic heterocycles. The van der Waals surface area contributed by atoms with Gasteiger partial charge in [-0.2, -0.15) is 0 Å². The van der Waals surface area contributed by atoms with E-state index in [0.717, 1.165) is 30.4 Å². The summed E-state index contributed by atoms with van der Waals surface area (Å²) in [4.78, 5) is 19.4. The molecule has 0 aliphatic carbocycles. The van der Waals surface area contributed by atoms with Crippen molar-refractivity contribution in [1.29, 1.82) is 0 Å². The van der Waals surface area contributed by atoms with Gasteiger partial charge in [-0.05, 0) is 30.3 Å². The molecule has 3 aromatic carbocycles. The molecule has 1 aromatic heterocycles. The van der Waals surface area contributed by atoms with Crippen LogP contribution in [-0.4, -0.2) is 64.8 Å². The predicted molar refractivity (Wildman–Crippen MR) is 156 cm³/mol. The van der Waals surface area contributed by atoms with Gasteiger partial charge in [0.1, 0.15) is 23.1 Å². The first kappa shape index (κ1) is 26.5. The van der Waals surface area contributed by atoms with Crippen molar-refractivity contribution >= 4 is 44.7 Å². The lowest BCUT2D eigenvalue weighted by atomic mass is 10.1. The first-order valence-corrected chi connectivity index (χ1v) is 14.2. The molecule has 1 amide bonds. The Labute approximate surface area is 229 Å². The molecule has 2 heterocycles. The number of pyridine rings is 1. The summed E-state index contributed by atoms with van der Waals surface area (Å²) in [5.74, 6) is 3.52. The zero-order valence-electron chi connectivity index (χ0n) is 21.7. The molecular formula is C29H31N5O4S. The molecule has 0 saturated carbocycles. The van der Waals surface area contributed by atoms with E-state index in [1.165, 1.54) is 7.11 Å². The van der Waals surface area contributed by atoms with Crippen molar-refractivity contribution in [3.63, 3.8) is 0 Å². The number of aromatic nitrogens is 1. The van der Waals surface area contributed by atoms with Crippen molar-refractivity contribution in [1.82, 2.24) is 15.2 Å². The first-order valence-electron chi connectivity index (χ1n) is 12.7. The Kier molecular flexibility index (Phi) is 8.24. The maximum absolute atomic E-state index is 12.8. The lowest BCUT2D eigenvalue weighted by Crippen LogP contribution is -2.42. The first-order chi connectivity index (χ1) is 19.0. The van der Waals surface area contributed by atoms with Gasteiger partial charge in [0.05, 0.1) is 12.7 Å². The van der Waals surface area contributed by atoms with Crippen LogP contribution in [0, 0.1) is 0 Å². The summed E-state index contributed by atoms with van der Waals surface area (Å²) in [6, 6.07) is 20.4. The Morgan fingerprint density at radius 2 is 1.82 bits per heavy atom. The van der Waals surface area contributed by atoms with E-state index in [2.05, 4.69) is 20.5 Å². The number of hydrogen-bond acceptors (Lipinski definition) is 8. The van der Waals surface area contributed by atoms with Gasteiger partial charge in [-0.15, -0.1) is 0 Å². The molecule has 0 spiro atoms. The Morgan fingerprint density at radius 1 is 1.03 bits per heavy atom. The number of nitrogens with one attached hydrogen (secondary N) is 2. The molecule has 0 atom stereocenters. The number of nitrogens with two attached hydrogens (primary N) is 1. The maximum Gasteiger partial charge on any atom is 0.255 e. The highest BCUT2D eigenvalue weighted by Gasteiger charge is 2.17. The highest BCUT2D eigenvalue weighted by molar-refractivity contribution is 7.85. The molecule has 4 N–H and O–H groups in total. The van der Waals surface area contributed by atoms with Crippen LogP contribution in [0.2, 0.25) is 0 Å². The van der Waals surface area contributed by atoms with Gasteiger partial charge >= 0.3 is 0 Å². The van der Waals surface area contributed by atoms with Gasteiger partial charge in [-0.25, -0.2) is 4.98 Å². The number of nitrogen functional groups attached to an aromatic ring is 1. The van der Waals surface area contributed by atoms with E-state index >= 15 is 0 Å². The second-order valence-electron chi connectivity index (χ2n) is 9.16. The quantitative estimate of drug-likeness (QED) is 0.269. The third-order valence-electron chi connectivity index (χ3n) is 6.58. The Balaban J connectivity index is 1.23. The third-order valence-corrected chi connectivity index (χ3v) is 7.86. The topological polar surface area (TPSA) is 119 Å². The number of methoxy groups -OCH3 is 1. The van der Waals surface area contributed by atoms with Crippen LogP contribution in [0.15, 0.2) is 72.9 Å². The smallest absolute Gasteiger partial charge is 0.255 e. The predicted octanol–water partition coefficient (Wildman–Crippen LogP) is 4.16. The number of hydrogen-bond donors (Lipinski definition) is 3.